The molecule has 2 atom stereocenters. The van der Waals surface area contributed by atoms with Gasteiger partial charge in [-0.25, -0.2) is 18.3 Å². The topological polar surface area (TPSA) is 50.2 Å². The van der Waals surface area contributed by atoms with Crippen LogP contribution < -0.4 is 10.2 Å². The Bertz CT molecular complexity index is 1210. The van der Waals surface area contributed by atoms with Crippen molar-refractivity contribution in [2.24, 2.45) is 0 Å². The van der Waals surface area contributed by atoms with E-state index in [0.717, 1.165) is 0 Å². The molecule has 2 heterocycles. The van der Waals surface area contributed by atoms with Gasteiger partial charge in [-0.15, -0.1) is 0 Å². The van der Waals surface area contributed by atoms with E-state index in [9.17, 15) is 26.7 Å². The van der Waals surface area contributed by atoms with E-state index >= 15 is 0 Å². The molecule has 3 aromatic rings. The second-order valence-corrected chi connectivity index (χ2v) is 9.20. The summed E-state index contributed by atoms with van der Waals surface area (Å²) in [6.45, 7) is 1.83. The van der Waals surface area contributed by atoms with Crippen LogP contribution in [0, 0.1) is 11.6 Å². The van der Waals surface area contributed by atoms with Crippen LogP contribution in [0.4, 0.5) is 32.4 Å². The molecular weight excluding hydrogens is 535 g/mol. The Morgan fingerprint density at radius 2 is 1.91 bits per heavy atom. The number of hydrogen-bond donors (Lipinski definition) is 1. The number of rotatable bonds is 5. The molecule has 35 heavy (non-hydrogen) atoms. The smallest absolute Gasteiger partial charge is 0.331 e. The zero-order valence-corrected chi connectivity index (χ0v) is 20.2. The van der Waals surface area contributed by atoms with Crippen LogP contribution in [0.1, 0.15) is 43.5 Å². The third kappa shape index (κ3) is 5.19. The van der Waals surface area contributed by atoms with E-state index in [1.165, 1.54) is 53.3 Å². The van der Waals surface area contributed by atoms with Crippen molar-refractivity contribution in [1.29, 1.82) is 0 Å². The first kappa shape index (κ1) is 25.2. The predicted molar refractivity (Wildman–Crippen MR) is 124 cm³/mol. The number of alkyl halides is 3. The number of hydrogen-bond acceptors (Lipinski definition) is 2. The van der Waals surface area contributed by atoms with Gasteiger partial charge in [0.25, 0.3) is 0 Å². The third-order valence-electron chi connectivity index (χ3n) is 5.95. The average Bonchev–Trinajstić information content (AvgIpc) is 3.24. The highest BCUT2D eigenvalue weighted by molar-refractivity contribution is 9.10. The summed E-state index contributed by atoms with van der Waals surface area (Å²) in [7, 11) is 0. The maximum Gasteiger partial charge on any atom is 0.409 e. The molecular formula is C24H22BrF5N4O. The Hall–Kier alpha value is -2.95. The summed E-state index contributed by atoms with van der Waals surface area (Å²) in [6, 6.07) is 5.69. The molecule has 186 valence electrons. The van der Waals surface area contributed by atoms with Gasteiger partial charge in [-0.05, 0) is 61.7 Å². The van der Waals surface area contributed by atoms with E-state index < -0.39 is 35.9 Å². The number of urea groups is 1. The lowest BCUT2D eigenvalue weighted by molar-refractivity contribution is -0.149. The van der Waals surface area contributed by atoms with Gasteiger partial charge in [-0.2, -0.15) is 18.3 Å². The molecule has 0 saturated heterocycles. The molecule has 2 aromatic carbocycles. The molecule has 11 heteroatoms. The monoisotopic (exact) mass is 556 g/mol. The first-order valence-electron chi connectivity index (χ1n) is 11.0. The van der Waals surface area contributed by atoms with Crippen LogP contribution >= 0.6 is 15.9 Å². The maximum absolute atomic E-state index is 14.6. The van der Waals surface area contributed by atoms with Gasteiger partial charge in [0.1, 0.15) is 17.7 Å². The highest BCUT2D eigenvalue weighted by Crippen LogP contribution is 2.39. The molecule has 1 N–H and O–H groups in total. The van der Waals surface area contributed by atoms with Gasteiger partial charge in [-0.3, -0.25) is 4.90 Å². The molecule has 2 amide bonds. The second kappa shape index (κ2) is 9.96. The van der Waals surface area contributed by atoms with Crippen LogP contribution in [0.2, 0.25) is 0 Å². The molecule has 1 aliphatic heterocycles. The lowest BCUT2D eigenvalue weighted by Crippen LogP contribution is -2.55. The van der Waals surface area contributed by atoms with Crippen molar-refractivity contribution >= 4 is 27.6 Å². The Labute approximate surface area is 207 Å². The van der Waals surface area contributed by atoms with Gasteiger partial charge < -0.3 is 5.32 Å². The Morgan fingerprint density at radius 3 is 2.57 bits per heavy atom. The lowest BCUT2D eigenvalue weighted by atomic mass is 9.99. The van der Waals surface area contributed by atoms with E-state index in [1.54, 1.807) is 0 Å². The molecule has 0 aliphatic carbocycles. The van der Waals surface area contributed by atoms with Crippen LogP contribution in [0.5, 0.6) is 0 Å². The van der Waals surface area contributed by atoms with E-state index in [1.807, 2.05) is 6.92 Å². The minimum Gasteiger partial charge on any atom is -0.331 e. The number of halogens is 6. The number of anilines is 1. The van der Waals surface area contributed by atoms with Gasteiger partial charge >= 0.3 is 12.2 Å². The normalized spacial score (nSPS) is 16.7. The van der Waals surface area contributed by atoms with Gasteiger partial charge in [0, 0.05) is 10.0 Å². The van der Waals surface area contributed by atoms with Crippen LogP contribution in [-0.4, -0.2) is 28.0 Å². The number of carbonyl (C=O) groups is 1. The van der Waals surface area contributed by atoms with Crippen molar-refractivity contribution in [3.05, 3.63) is 76.0 Å². The van der Waals surface area contributed by atoms with Crippen LogP contribution in [0.25, 0.3) is 5.69 Å². The average molecular weight is 557 g/mol. The molecule has 4 rings (SSSR count). The molecule has 0 saturated carbocycles. The molecule has 0 spiro atoms. The van der Waals surface area contributed by atoms with Crippen molar-refractivity contribution in [1.82, 2.24) is 15.1 Å². The van der Waals surface area contributed by atoms with Crippen molar-refractivity contribution < 1.29 is 26.7 Å². The number of aromatic nitrogens is 2. The molecule has 1 aromatic heterocycles. The Kier molecular flexibility index (Phi) is 7.16. The van der Waals surface area contributed by atoms with Gasteiger partial charge in [0.05, 0.1) is 29.3 Å². The zero-order valence-electron chi connectivity index (χ0n) is 18.6. The van der Waals surface area contributed by atoms with Crippen molar-refractivity contribution in [2.45, 2.75) is 50.9 Å². The molecule has 5 nitrogen and oxygen atoms in total. The van der Waals surface area contributed by atoms with Gasteiger partial charge in [-0.1, -0.05) is 29.3 Å². The molecule has 0 radical (unpaired) electrons. The fourth-order valence-corrected chi connectivity index (χ4v) is 4.71. The second-order valence-electron chi connectivity index (χ2n) is 8.29. The molecule has 0 fully saturated rings. The van der Waals surface area contributed by atoms with Crippen LogP contribution in [0.3, 0.4) is 0 Å². The summed E-state index contributed by atoms with van der Waals surface area (Å²) in [6.07, 6.45) is -2.96. The largest absolute Gasteiger partial charge is 0.409 e. The van der Waals surface area contributed by atoms with Gasteiger partial charge in [0.15, 0.2) is 0 Å². The lowest BCUT2D eigenvalue weighted by Gasteiger charge is -2.37. The standard InChI is InChI=1S/C24H22BrF5N4O/c1-2-3-19(17-12-14(25)4-9-18(17)27)32-23(35)33-21-13-31-34(16-7-5-15(26)6-8-16)20(21)10-11-22(33)24(28,29)30/h4-9,12-13,19,22H,2-3,10-11H2,1H3,(H,32,35)/t19-,22-/m0/s1. The van der Waals surface area contributed by atoms with Crippen molar-refractivity contribution in [3.8, 4) is 5.69 Å². The highest BCUT2D eigenvalue weighted by Gasteiger charge is 2.49. The van der Waals surface area contributed by atoms with Crippen molar-refractivity contribution in [3.63, 3.8) is 0 Å². The third-order valence-corrected chi connectivity index (χ3v) is 6.44. The number of nitrogens with zero attached hydrogens (tertiary/aromatic N) is 3. The quantitative estimate of drug-likeness (QED) is 0.349. The molecule has 0 unspecified atom stereocenters. The Morgan fingerprint density at radius 1 is 1.20 bits per heavy atom. The minimum absolute atomic E-state index is 0.00497. The van der Waals surface area contributed by atoms with Crippen LogP contribution in [-0.2, 0) is 6.42 Å². The molecule has 0 bridgehead atoms. The summed E-state index contributed by atoms with van der Waals surface area (Å²) in [4.78, 5) is 14.0. The maximum atomic E-state index is 14.6. The van der Waals surface area contributed by atoms with E-state index in [0.29, 0.717) is 33.6 Å². The summed E-state index contributed by atoms with van der Waals surface area (Å²) < 4.78 is 71.9. The predicted octanol–water partition coefficient (Wildman–Crippen LogP) is 6.85. The fraction of sp³-hybridized carbons (Fsp3) is 0.333. The summed E-state index contributed by atoms with van der Waals surface area (Å²) in [5.41, 5.74) is 1.04. The van der Waals surface area contributed by atoms with E-state index in [4.69, 9.17) is 0 Å². The number of fused-ring (bicyclic) bond motifs is 1. The first-order valence-corrected chi connectivity index (χ1v) is 11.8. The van der Waals surface area contributed by atoms with E-state index in [2.05, 4.69) is 26.3 Å². The summed E-state index contributed by atoms with van der Waals surface area (Å²) in [5.74, 6) is -1.03. The highest BCUT2D eigenvalue weighted by atomic mass is 79.9. The SMILES string of the molecule is CCC[C@H](NC(=O)N1c2cnn(-c3ccc(F)cc3)c2CC[C@H]1C(F)(F)F)c1cc(Br)ccc1F. The zero-order chi connectivity index (χ0) is 25.3. The number of amides is 2. The number of nitrogens with one attached hydrogen (secondary N) is 1. The van der Waals surface area contributed by atoms with Crippen LogP contribution in [0.15, 0.2) is 53.1 Å². The fourth-order valence-electron chi connectivity index (χ4n) is 4.33. The van der Waals surface area contributed by atoms with Crippen molar-refractivity contribution in [2.75, 3.05) is 4.90 Å². The number of benzene rings is 2. The Balaban J connectivity index is 1.72. The van der Waals surface area contributed by atoms with E-state index in [-0.39, 0.29) is 24.1 Å². The summed E-state index contributed by atoms with van der Waals surface area (Å²) in [5, 5.41) is 6.80. The van der Waals surface area contributed by atoms with Gasteiger partial charge in [0.2, 0.25) is 0 Å². The summed E-state index contributed by atoms with van der Waals surface area (Å²) >= 11 is 3.27. The number of carbonyl (C=O) groups excluding carboxylic acids is 1. The minimum atomic E-state index is -4.69. The first-order chi connectivity index (χ1) is 16.6. The molecule has 1 aliphatic rings.